The van der Waals surface area contributed by atoms with Crippen molar-refractivity contribution in [1.29, 1.82) is 0 Å². The van der Waals surface area contributed by atoms with Gasteiger partial charge in [0.1, 0.15) is 6.61 Å². The fraction of sp³-hybridized carbons (Fsp3) is 0.909. The van der Waals surface area contributed by atoms with Gasteiger partial charge in [0, 0.05) is 19.1 Å². The normalized spacial score (nSPS) is 19.6. The zero-order valence-electron chi connectivity index (χ0n) is 9.34. The molecule has 0 radical (unpaired) electrons. The summed E-state index contributed by atoms with van der Waals surface area (Å²) in [5, 5.41) is 0. The lowest BCUT2D eigenvalue weighted by molar-refractivity contribution is -0.135. The molecule has 0 spiro atoms. The SMILES string of the molecule is CC(C)(C)OCC(=O)C1CCOCC1. The predicted octanol–water partition coefficient (Wildman–Crippen LogP) is 1.80. The first-order chi connectivity index (χ1) is 6.49. The summed E-state index contributed by atoms with van der Waals surface area (Å²) in [5.74, 6) is 0.384. The highest BCUT2D eigenvalue weighted by Gasteiger charge is 2.23. The molecule has 1 aliphatic rings. The zero-order valence-corrected chi connectivity index (χ0v) is 9.34. The molecule has 0 unspecified atom stereocenters. The van der Waals surface area contributed by atoms with Gasteiger partial charge in [0.05, 0.1) is 5.60 Å². The Balaban J connectivity index is 2.27. The van der Waals surface area contributed by atoms with Crippen molar-refractivity contribution in [2.24, 2.45) is 5.92 Å². The average Bonchev–Trinajstić information content (AvgIpc) is 2.14. The van der Waals surface area contributed by atoms with E-state index >= 15 is 0 Å². The number of hydrogen-bond donors (Lipinski definition) is 0. The number of carbonyl (C=O) groups excluding carboxylic acids is 1. The van der Waals surface area contributed by atoms with Crippen molar-refractivity contribution in [1.82, 2.24) is 0 Å². The first kappa shape index (κ1) is 11.7. The molecular weight excluding hydrogens is 180 g/mol. The van der Waals surface area contributed by atoms with Crippen LogP contribution in [0.25, 0.3) is 0 Å². The smallest absolute Gasteiger partial charge is 0.161 e. The first-order valence-electron chi connectivity index (χ1n) is 5.23. The van der Waals surface area contributed by atoms with E-state index in [2.05, 4.69) is 0 Å². The highest BCUT2D eigenvalue weighted by atomic mass is 16.5. The standard InChI is InChI=1S/C11H20O3/c1-11(2,3)14-8-10(12)9-4-6-13-7-5-9/h9H,4-8H2,1-3H3. The van der Waals surface area contributed by atoms with Crippen LogP contribution in [0.5, 0.6) is 0 Å². The number of ketones is 1. The lowest BCUT2D eigenvalue weighted by Gasteiger charge is -2.24. The molecule has 0 aromatic rings. The Morgan fingerprint density at radius 3 is 2.43 bits per heavy atom. The Morgan fingerprint density at radius 2 is 1.93 bits per heavy atom. The molecule has 82 valence electrons. The minimum absolute atomic E-state index is 0.158. The van der Waals surface area contributed by atoms with E-state index in [1.165, 1.54) is 0 Å². The molecule has 0 N–H and O–H groups in total. The first-order valence-corrected chi connectivity index (χ1v) is 5.23. The molecule has 0 saturated carbocycles. The number of carbonyl (C=O) groups is 1. The van der Waals surface area contributed by atoms with Gasteiger partial charge in [-0.2, -0.15) is 0 Å². The Bertz CT molecular complexity index is 187. The molecule has 14 heavy (non-hydrogen) atoms. The number of hydrogen-bond acceptors (Lipinski definition) is 3. The van der Waals surface area contributed by atoms with Crippen molar-refractivity contribution >= 4 is 5.78 Å². The summed E-state index contributed by atoms with van der Waals surface area (Å²) in [4.78, 5) is 11.7. The van der Waals surface area contributed by atoms with Crippen LogP contribution in [-0.4, -0.2) is 31.2 Å². The van der Waals surface area contributed by atoms with Crippen LogP contribution in [0.4, 0.5) is 0 Å². The Labute approximate surface area is 85.8 Å². The average molecular weight is 200 g/mol. The van der Waals surface area contributed by atoms with E-state index in [-0.39, 0.29) is 23.9 Å². The minimum atomic E-state index is -0.221. The molecule has 1 heterocycles. The molecule has 0 aromatic carbocycles. The minimum Gasteiger partial charge on any atom is -0.381 e. The molecular formula is C11H20O3. The maximum absolute atomic E-state index is 11.7. The molecule has 1 rings (SSSR count). The van der Waals surface area contributed by atoms with Crippen LogP contribution in [0.3, 0.4) is 0 Å². The fourth-order valence-electron chi connectivity index (χ4n) is 1.43. The second-order valence-electron chi connectivity index (χ2n) is 4.75. The van der Waals surface area contributed by atoms with Gasteiger partial charge in [-0.05, 0) is 33.6 Å². The van der Waals surface area contributed by atoms with Gasteiger partial charge < -0.3 is 9.47 Å². The summed E-state index contributed by atoms with van der Waals surface area (Å²) in [5.41, 5.74) is -0.221. The van der Waals surface area contributed by atoms with Crippen molar-refractivity contribution in [3.63, 3.8) is 0 Å². The van der Waals surface area contributed by atoms with Crippen LogP contribution in [0.15, 0.2) is 0 Å². The number of Topliss-reactive ketones (excluding diaryl/α,β-unsaturated/α-hetero) is 1. The third kappa shape index (κ3) is 4.20. The maximum Gasteiger partial charge on any atom is 0.161 e. The molecule has 3 heteroatoms. The zero-order chi connectivity index (χ0) is 10.6. The van der Waals surface area contributed by atoms with E-state index in [1.54, 1.807) is 0 Å². The number of ether oxygens (including phenoxy) is 2. The second kappa shape index (κ2) is 4.89. The van der Waals surface area contributed by atoms with Crippen molar-refractivity contribution in [2.45, 2.75) is 39.2 Å². The summed E-state index contributed by atoms with van der Waals surface area (Å²) in [7, 11) is 0. The molecule has 1 fully saturated rings. The summed E-state index contributed by atoms with van der Waals surface area (Å²) in [6.45, 7) is 7.56. The summed E-state index contributed by atoms with van der Waals surface area (Å²) >= 11 is 0. The summed E-state index contributed by atoms with van der Waals surface area (Å²) in [6.07, 6.45) is 1.71. The molecule has 3 nitrogen and oxygen atoms in total. The summed E-state index contributed by atoms with van der Waals surface area (Å²) in [6, 6.07) is 0. The van der Waals surface area contributed by atoms with E-state index in [4.69, 9.17) is 9.47 Å². The molecule has 0 amide bonds. The maximum atomic E-state index is 11.7. The van der Waals surface area contributed by atoms with Crippen LogP contribution in [0, 0.1) is 5.92 Å². The van der Waals surface area contributed by atoms with Gasteiger partial charge in [-0.3, -0.25) is 4.79 Å². The van der Waals surface area contributed by atoms with Gasteiger partial charge in [-0.25, -0.2) is 0 Å². The molecule has 0 atom stereocenters. The molecule has 0 aliphatic carbocycles. The number of rotatable bonds is 3. The van der Waals surface area contributed by atoms with E-state index in [1.807, 2.05) is 20.8 Å². The van der Waals surface area contributed by atoms with Crippen LogP contribution in [0.1, 0.15) is 33.6 Å². The van der Waals surface area contributed by atoms with Crippen LogP contribution in [-0.2, 0) is 14.3 Å². The van der Waals surface area contributed by atoms with Crippen molar-refractivity contribution in [3.05, 3.63) is 0 Å². The monoisotopic (exact) mass is 200 g/mol. The molecule has 1 aliphatic heterocycles. The third-order valence-electron chi connectivity index (χ3n) is 2.32. The van der Waals surface area contributed by atoms with Gasteiger partial charge in [0.2, 0.25) is 0 Å². The van der Waals surface area contributed by atoms with Crippen molar-refractivity contribution in [2.75, 3.05) is 19.8 Å². The van der Waals surface area contributed by atoms with Crippen LogP contribution in [0.2, 0.25) is 0 Å². The van der Waals surface area contributed by atoms with Crippen molar-refractivity contribution < 1.29 is 14.3 Å². The van der Waals surface area contributed by atoms with E-state index in [0.29, 0.717) is 13.2 Å². The van der Waals surface area contributed by atoms with Gasteiger partial charge >= 0.3 is 0 Å². The van der Waals surface area contributed by atoms with E-state index in [9.17, 15) is 4.79 Å². The Morgan fingerprint density at radius 1 is 1.36 bits per heavy atom. The Hall–Kier alpha value is -0.410. The van der Waals surface area contributed by atoms with Gasteiger partial charge in [-0.15, -0.1) is 0 Å². The molecule has 0 bridgehead atoms. The van der Waals surface area contributed by atoms with E-state index < -0.39 is 0 Å². The lowest BCUT2D eigenvalue weighted by atomic mass is 9.96. The highest BCUT2D eigenvalue weighted by molar-refractivity contribution is 5.82. The largest absolute Gasteiger partial charge is 0.381 e. The molecule has 1 saturated heterocycles. The van der Waals surface area contributed by atoms with E-state index in [0.717, 1.165) is 12.8 Å². The van der Waals surface area contributed by atoms with Gasteiger partial charge in [-0.1, -0.05) is 0 Å². The third-order valence-corrected chi connectivity index (χ3v) is 2.32. The van der Waals surface area contributed by atoms with Crippen LogP contribution >= 0.6 is 0 Å². The lowest BCUT2D eigenvalue weighted by Crippen LogP contribution is -2.30. The predicted molar refractivity (Wildman–Crippen MR) is 54.3 cm³/mol. The fourth-order valence-corrected chi connectivity index (χ4v) is 1.43. The topological polar surface area (TPSA) is 35.5 Å². The summed E-state index contributed by atoms with van der Waals surface area (Å²) < 4.78 is 10.7. The Kier molecular flexibility index (Phi) is 4.08. The second-order valence-corrected chi connectivity index (χ2v) is 4.75. The highest BCUT2D eigenvalue weighted by Crippen LogP contribution is 2.17. The van der Waals surface area contributed by atoms with Crippen molar-refractivity contribution in [3.8, 4) is 0 Å². The van der Waals surface area contributed by atoms with Gasteiger partial charge in [0.25, 0.3) is 0 Å². The van der Waals surface area contributed by atoms with Crippen LogP contribution < -0.4 is 0 Å². The van der Waals surface area contributed by atoms with Gasteiger partial charge in [0.15, 0.2) is 5.78 Å². The quantitative estimate of drug-likeness (QED) is 0.697. The molecule has 0 aromatic heterocycles.